The van der Waals surface area contributed by atoms with Gasteiger partial charge in [-0.2, -0.15) is 0 Å². The van der Waals surface area contributed by atoms with E-state index in [-0.39, 0.29) is 24.8 Å². The zero-order valence-electron chi connectivity index (χ0n) is 4.80. The molecule has 8 heavy (non-hydrogen) atoms. The van der Waals surface area contributed by atoms with Crippen LogP contribution in [0.15, 0.2) is 0 Å². The molecule has 0 amide bonds. The second kappa shape index (κ2) is 6.13. The molecule has 1 atom stereocenters. The smallest absolute Gasteiger partial charge is 0.0264 e. The Bertz CT molecular complexity index is 43.7. The Morgan fingerprint density at radius 3 is 1.50 bits per heavy atom. The summed E-state index contributed by atoms with van der Waals surface area (Å²) in [7, 11) is 2.87. The lowest BCUT2D eigenvalue weighted by molar-refractivity contribution is 0.886. The highest BCUT2D eigenvalue weighted by Gasteiger charge is 2.07. The summed E-state index contributed by atoms with van der Waals surface area (Å²) in [5.74, 6) is 0. The van der Waals surface area contributed by atoms with Gasteiger partial charge in [0.25, 0.3) is 0 Å². The zero-order valence-corrected chi connectivity index (χ0v) is 7.59. The SMILES string of the molecule is Cl.Cl.PC1CCCC1. The molecule has 1 saturated carbocycles. The summed E-state index contributed by atoms with van der Waals surface area (Å²) in [6, 6.07) is 0. The molecule has 0 N–H and O–H groups in total. The van der Waals surface area contributed by atoms with E-state index in [1.165, 1.54) is 25.7 Å². The molecule has 0 aromatic heterocycles. The molecule has 0 aromatic rings. The van der Waals surface area contributed by atoms with Crippen LogP contribution in [0.2, 0.25) is 0 Å². The van der Waals surface area contributed by atoms with Crippen molar-refractivity contribution in [2.75, 3.05) is 0 Å². The first-order valence-electron chi connectivity index (χ1n) is 2.65. The molecule has 0 aromatic carbocycles. The Morgan fingerprint density at radius 2 is 1.38 bits per heavy atom. The van der Waals surface area contributed by atoms with Crippen LogP contribution in [-0.2, 0) is 0 Å². The predicted octanol–water partition coefficient (Wildman–Crippen LogP) is 2.65. The van der Waals surface area contributed by atoms with Gasteiger partial charge in [-0.15, -0.1) is 34.1 Å². The molecular formula is C5H13Cl2P. The molecule has 0 saturated heterocycles. The van der Waals surface area contributed by atoms with Crippen molar-refractivity contribution in [3.8, 4) is 0 Å². The highest BCUT2D eigenvalue weighted by Crippen LogP contribution is 2.24. The molecule has 0 aliphatic heterocycles. The first kappa shape index (κ1) is 11.8. The van der Waals surface area contributed by atoms with Crippen LogP contribution in [-0.4, -0.2) is 5.66 Å². The highest BCUT2D eigenvalue weighted by molar-refractivity contribution is 7.17. The number of hydrogen-bond donors (Lipinski definition) is 0. The summed E-state index contributed by atoms with van der Waals surface area (Å²) in [5, 5.41) is 0. The predicted molar refractivity (Wildman–Crippen MR) is 46.5 cm³/mol. The molecule has 1 aliphatic carbocycles. The fourth-order valence-electron chi connectivity index (χ4n) is 0.957. The number of rotatable bonds is 0. The van der Waals surface area contributed by atoms with E-state index < -0.39 is 0 Å². The van der Waals surface area contributed by atoms with Crippen molar-refractivity contribution in [3.63, 3.8) is 0 Å². The third kappa shape index (κ3) is 3.95. The average molecular weight is 175 g/mol. The van der Waals surface area contributed by atoms with Crippen LogP contribution in [0.5, 0.6) is 0 Å². The number of hydrogen-bond acceptors (Lipinski definition) is 0. The van der Waals surface area contributed by atoms with Crippen molar-refractivity contribution in [1.29, 1.82) is 0 Å². The molecule has 1 unspecified atom stereocenters. The van der Waals surface area contributed by atoms with E-state index in [9.17, 15) is 0 Å². The van der Waals surface area contributed by atoms with Gasteiger partial charge < -0.3 is 0 Å². The molecule has 0 spiro atoms. The highest BCUT2D eigenvalue weighted by atomic mass is 35.5. The first-order valence-corrected chi connectivity index (χ1v) is 3.32. The van der Waals surface area contributed by atoms with Crippen molar-refractivity contribution in [3.05, 3.63) is 0 Å². The molecule has 0 bridgehead atoms. The van der Waals surface area contributed by atoms with Gasteiger partial charge in [0.15, 0.2) is 0 Å². The zero-order chi connectivity index (χ0) is 4.41. The van der Waals surface area contributed by atoms with Crippen molar-refractivity contribution in [2.45, 2.75) is 31.3 Å². The van der Waals surface area contributed by atoms with Gasteiger partial charge in [0.05, 0.1) is 0 Å². The standard InChI is InChI=1S/C5H11P.2ClH/c6-5-3-1-2-4-5;;/h5H,1-4,6H2;2*1H. The maximum atomic E-state index is 2.87. The minimum absolute atomic E-state index is 0. The van der Waals surface area contributed by atoms with E-state index in [2.05, 4.69) is 9.24 Å². The Labute approximate surface area is 65.8 Å². The Morgan fingerprint density at radius 1 is 1.00 bits per heavy atom. The molecule has 52 valence electrons. The molecular weight excluding hydrogens is 162 g/mol. The molecule has 3 heteroatoms. The van der Waals surface area contributed by atoms with Crippen molar-refractivity contribution in [2.24, 2.45) is 0 Å². The Balaban J connectivity index is 0. The van der Waals surface area contributed by atoms with Crippen LogP contribution in [0.1, 0.15) is 25.7 Å². The van der Waals surface area contributed by atoms with Crippen LogP contribution in [0.4, 0.5) is 0 Å². The van der Waals surface area contributed by atoms with Gasteiger partial charge in [-0.05, 0) is 18.5 Å². The van der Waals surface area contributed by atoms with Gasteiger partial charge in [-0.25, -0.2) is 0 Å². The summed E-state index contributed by atoms with van der Waals surface area (Å²) in [6.07, 6.45) is 5.83. The van der Waals surface area contributed by atoms with E-state index >= 15 is 0 Å². The van der Waals surface area contributed by atoms with E-state index in [0.717, 1.165) is 5.66 Å². The second-order valence-corrected chi connectivity index (χ2v) is 2.99. The minimum atomic E-state index is 0. The van der Waals surface area contributed by atoms with E-state index in [0.29, 0.717) is 0 Å². The molecule has 1 fully saturated rings. The van der Waals surface area contributed by atoms with Crippen molar-refractivity contribution in [1.82, 2.24) is 0 Å². The third-order valence-corrected chi connectivity index (χ3v) is 2.07. The average Bonchev–Trinajstić information content (AvgIpc) is 1.86. The summed E-state index contributed by atoms with van der Waals surface area (Å²) < 4.78 is 0. The summed E-state index contributed by atoms with van der Waals surface area (Å²) in [4.78, 5) is 0. The lowest BCUT2D eigenvalue weighted by Gasteiger charge is -1.91. The van der Waals surface area contributed by atoms with Crippen LogP contribution in [0.3, 0.4) is 0 Å². The molecule has 0 heterocycles. The van der Waals surface area contributed by atoms with Gasteiger partial charge >= 0.3 is 0 Å². The largest absolute Gasteiger partial charge is 0.147 e. The molecule has 1 aliphatic rings. The fourth-order valence-corrected chi connectivity index (χ4v) is 1.43. The monoisotopic (exact) mass is 174 g/mol. The summed E-state index contributed by atoms with van der Waals surface area (Å²) in [5.41, 5.74) is 0.963. The fraction of sp³-hybridized carbons (Fsp3) is 1.00. The van der Waals surface area contributed by atoms with Gasteiger partial charge in [-0.3, -0.25) is 0 Å². The van der Waals surface area contributed by atoms with Gasteiger partial charge in [0.1, 0.15) is 0 Å². The molecule has 1 rings (SSSR count). The van der Waals surface area contributed by atoms with Crippen molar-refractivity contribution < 1.29 is 0 Å². The van der Waals surface area contributed by atoms with Crippen molar-refractivity contribution >= 4 is 34.1 Å². The number of halogens is 2. The third-order valence-electron chi connectivity index (χ3n) is 1.40. The van der Waals surface area contributed by atoms with Crippen LogP contribution >= 0.6 is 34.1 Å². The summed E-state index contributed by atoms with van der Waals surface area (Å²) in [6.45, 7) is 0. The second-order valence-electron chi connectivity index (χ2n) is 2.04. The normalized spacial score (nSPS) is 19.1. The lowest BCUT2D eigenvalue weighted by Crippen LogP contribution is -1.81. The van der Waals surface area contributed by atoms with Gasteiger partial charge in [0, 0.05) is 0 Å². The van der Waals surface area contributed by atoms with Crippen LogP contribution < -0.4 is 0 Å². The van der Waals surface area contributed by atoms with Gasteiger partial charge in [-0.1, -0.05) is 12.8 Å². The van der Waals surface area contributed by atoms with Crippen LogP contribution in [0, 0.1) is 0 Å². The van der Waals surface area contributed by atoms with E-state index in [4.69, 9.17) is 0 Å². The van der Waals surface area contributed by atoms with Gasteiger partial charge in [0.2, 0.25) is 0 Å². The quantitative estimate of drug-likeness (QED) is 0.496. The molecule has 0 radical (unpaired) electrons. The lowest BCUT2D eigenvalue weighted by atomic mass is 10.4. The Kier molecular flexibility index (Phi) is 9.02. The minimum Gasteiger partial charge on any atom is -0.147 e. The molecule has 0 nitrogen and oxygen atoms in total. The van der Waals surface area contributed by atoms with E-state index in [1.807, 2.05) is 0 Å². The maximum Gasteiger partial charge on any atom is -0.0264 e. The Hall–Kier alpha value is 1.01. The maximum absolute atomic E-state index is 2.87. The van der Waals surface area contributed by atoms with Crippen LogP contribution in [0.25, 0.3) is 0 Å². The van der Waals surface area contributed by atoms with E-state index in [1.54, 1.807) is 0 Å². The summed E-state index contributed by atoms with van der Waals surface area (Å²) >= 11 is 0. The topological polar surface area (TPSA) is 0 Å². The first-order chi connectivity index (χ1) is 2.89.